The third-order valence-electron chi connectivity index (χ3n) is 5.45. The summed E-state index contributed by atoms with van der Waals surface area (Å²) >= 11 is 0. The lowest BCUT2D eigenvalue weighted by molar-refractivity contribution is -0.148. The Hall–Kier alpha value is -2.14. The van der Waals surface area contributed by atoms with Crippen molar-refractivity contribution in [1.82, 2.24) is 0 Å². The fourth-order valence-corrected chi connectivity index (χ4v) is 3.94. The highest BCUT2D eigenvalue weighted by atomic mass is 16.5. The van der Waals surface area contributed by atoms with E-state index in [1.54, 1.807) is 4.90 Å². The summed E-state index contributed by atoms with van der Waals surface area (Å²) in [4.78, 5) is 26.8. The molecule has 0 aromatic heterocycles. The van der Waals surface area contributed by atoms with E-state index in [9.17, 15) is 14.7 Å². The van der Waals surface area contributed by atoms with Gasteiger partial charge in [0.15, 0.2) is 0 Å². The fourth-order valence-electron chi connectivity index (χ4n) is 3.94. The second-order valence-electron chi connectivity index (χ2n) is 7.65. The highest BCUT2D eigenvalue weighted by molar-refractivity contribution is 5.97. The van der Waals surface area contributed by atoms with Crippen LogP contribution in [0.5, 0.6) is 0 Å². The van der Waals surface area contributed by atoms with Crippen LogP contribution < -0.4 is 4.90 Å². The van der Waals surface area contributed by atoms with Gasteiger partial charge in [-0.2, -0.15) is 0 Å². The molecule has 0 saturated carbocycles. The molecule has 0 spiro atoms. The van der Waals surface area contributed by atoms with Crippen LogP contribution in [0.2, 0.25) is 0 Å². The van der Waals surface area contributed by atoms with Crippen molar-refractivity contribution in [3.63, 3.8) is 0 Å². The molecule has 154 valence electrons. The van der Waals surface area contributed by atoms with E-state index >= 15 is 0 Å². The second-order valence-corrected chi connectivity index (χ2v) is 7.65. The molecule has 0 fully saturated rings. The summed E-state index contributed by atoms with van der Waals surface area (Å²) in [6, 6.07) is 7.82. The fraction of sp³-hybridized carbons (Fsp3) is 0.565. The molecule has 0 bridgehead atoms. The molecule has 28 heavy (non-hydrogen) atoms. The van der Waals surface area contributed by atoms with Gasteiger partial charge in [-0.25, -0.2) is 0 Å². The number of esters is 1. The topological polar surface area (TPSA) is 66.8 Å². The van der Waals surface area contributed by atoms with Crippen molar-refractivity contribution in [3.05, 3.63) is 42.0 Å². The first-order chi connectivity index (χ1) is 13.4. The summed E-state index contributed by atoms with van der Waals surface area (Å²) in [6.07, 6.45) is 3.89. The van der Waals surface area contributed by atoms with Gasteiger partial charge in [0.25, 0.3) is 0 Å². The standard InChI is InChI=1S/C23H33NO4/c1-5-6-7-10-16(2)22(28-18(4)26)17(3)23(27)24-15-19(13-14-25)20-11-8-9-12-21(20)24/h8-9,11-12,17,19,22,25H,2,5-7,10,13-15H2,1,3-4H3/t17-,19?,22+/m0/s1. The number of unbranched alkanes of at least 4 members (excludes halogenated alkanes) is 2. The lowest BCUT2D eigenvalue weighted by Crippen LogP contribution is -2.41. The Labute approximate surface area is 168 Å². The molecular weight excluding hydrogens is 354 g/mol. The zero-order chi connectivity index (χ0) is 20.7. The Bertz CT molecular complexity index is 700. The number of anilines is 1. The van der Waals surface area contributed by atoms with Crippen molar-refractivity contribution in [3.8, 4) is 0 Å². The number of benzene rings is 1. The Kier molecular flexibility index (Phi) is 8.24. The van der Waals surface area contributed by atoms with Crippen molar-refractivity contribution in [2.24, 2.45) is 5.92 Å². The van der Waals surface area contributed by atoms with Gasteiger partial charge in [-0.1, -0.05) is 44.5 Å². The first-order valence-electron chi connectivity index (χ1n) is 10.3. The molecule has 1 aliphatic rings. The molecule has 1 amide bonds. The SMILES string of the molecule is C=C(CCCCC)[C@@H](OC(C)=O)[C@H](C)C(=O)N1CC(CCO)c2ccccc21. The number of hydrogen-bond donors (Lipinski definition) is 1. The first-order valence-corrected chi connectivity index (χ1v) is 10.3. The van der Waals surface area contributed by atoms with Crippen LogP contribution in [-0.2, 0) is 14.3 Å². The number of ether oxygens (including phenoxy) is 1. The van der Waals surface area contributed by atoms with Crippen LogP contribution in [0.1, 0.15) is 64.4 Å². The molecular formula is C23H33NO4. The second kappa shape index (κ2) is 10.4. The molecule has 1 aromatic rings. The maximum absolute atomic E-state index is 13.3. The number of fused-ring (bicyclic) bond motifs is 1. The number of carbonyl (C=O) groups is 2. The number of para-hydroxylation sites is 1. The smallest absolute Gasteiger partial charge is 0.303 e. The molecule has 1 heterocycles. The summed E-state index contributed by atoms with van der Waals surface area (Å²) in [5, 5.41) is 9.38. The number of aliphatic hydroxyl groups is 1. The van der Waals surface area contributed by atoms with E-state index in [-0.39, 0.29) is 18.4 Å². The van der Waals surface area contributed by atoms with E-state index in [2.05, 4.69) is 13.5 Å². The Morgan fingerprint density at radius 2 is 2.04 bits per heavy atom. The molecule has 0 radical (unpaired) electrons. The number of aliphatic hydroxyl groups excluding tert-OH is 1. The van der Waals surface area contributed by atoms with E-state index in [1.807, 2.05) is 31.2 Å². The Balaban J connectivity index is 2.20. The predicted molar refractivity (Wildman–Crippen MR) is 111 cm³/mol. The van der Waals surface area contributed by atoms with Crippen LogP contribution in [0.3, 0.4) is 0 Å². The van der Waals surface area contributed by atoms with E-state index in [4.69, 9.17) is 4.74 Å². The number of amides is 1. The molecule has 1 N–H and O–H groups in total. The largest absolute Gasteiger partial charge is 0.457 e. The van der Waals surface area contributed by atoms with Gasteiger partial charge < -0.3 is 14.7 Å². The molecule has 0 aliphatic carbocycles. The maximum atomic E-state index is 13.3. The minimum Gasteiger partial charge on any atom is -0.457 e. The van der Waals surface area contributed by atoms with Crippen LogP contribution in [0.15, 0.2) is 36.4 Å². The van der Waals surface area contributed by atoms with Gasteiger partial charge in [0.1, 0.15) is 6.10 Å². The number of carbonyl (C=O) groups excluding carboxylic acids is 2. The number of hydrogen-bond acceptors (Lipinski definition) is 4. The molecule has 0 saturated heterocycles. The highest BCUT2D eigenvalue weighted by Gasteiger charge is 2.37. The molecule has 5 nitrogen and oxygen atoms in total. The summed E-state index contributed by atoms with van der Waals surface area (Å²) in [6.45, 7) is 10.0. The molecule has 2 rings (SSSR count). The van der Waals surface area contributed by atoms with Crippen molar-refractivity contribution >= 4 is 17.6 Å². The maximum Gasteiger partial charge on any atom is 0.303 e. The zero-order valence-electron chi connectivity index (χ0n) is 17.3. The van der Waals surface area contributed by atoms with Gasteiger partial charge in [0.05, 0.1) is 5.92 Å². The van der Waals surface area contributed by atoms with Crippen molar-refractivity contribution < 1.29 is 19.4 Å². The summed E-state index contributed by atoms with van der Waals surface area (Å²) in [5.41, 5.74) is 2.77. The zero-order valence-corrected chi connectivity index (χ0v) is 17.3. The van der Waals surface area contributed by atoms with E-state index in [1.165, 1.54) is 6.92 Å². The van der Waals surface area contributed by atoms with Crippen LogP contribution in [-0.4, -0.2) is 36.2 Å². The predicted octanol–water partition coefficient (Wildman–Crippen LogP) is 4.20. The number of nitrogens with zero attached hydrogens (tertiary/aromatic N) is 1. The minimum absolute atomic E-state index is 0.0734. The van der Waals surface area contributed by atoms with Crippen molar-refractivity contribution in [2.45, 2.75) is 64.9 Å². The Morgan fingerprint density at radius 3 is 2.68 bits per heavy atom. The minimum atomic E-state index is -0.620. The summed E-state index contributed by atoms with van der Waals surface area (Å²) < 4.78 is 5.52. The lowest BCUT2D eigenvalue weighted by atomic mass is 9.93. The number of rotatable bonds is 10. The lowest BCUT2D eigenvalue weighted by Gasteiger charge is -2.29. The molecule has 1 aliphatic heterocycles. The third-order valence-corrected chi connectivity index (χ3v) is 5.45. The summed E-state index contributed by atoms with van der Waals surface area (Å²) in [5.74, 6) is -0.867. The van der Waals surface area contributed by atoms with Gasteiger partial charge in [-0.15, -0.1) is 0 Å². The van der Waals surface area contributed by atoms with E-state index in [0.29, 0.717) is 13.0 Å². The monoisotopic (exact) mass is 387 g/mol. The van der Waals surface area contributed by atoms with Crippen LogP contribution in [0, 0.1) is 5.92 Å². The first kappa shape index (κ1) is 22.2. The van der Waals surface area contributed by atoms with Crippen molar-refractivity contribution in [1.29, 1.82) is 0 Å². The summed E-state index contributed by atoms with van der Waals surface area (Å²) in [7, 11) is 0. The molecule has 3 atom stereocenters. The van der Waals surface area contributed by atoms with Crippen LogP contribution >= 0.6 is 0 Å². The highest BCUT2D eigenvalue weighted by Crippen LogP contribution is 2.39. The van der Waals surface area contributed by atoms with E-state index < -0.39 is 18.0 Å². The third kappa shape index (κ3) is 5.22. The van der Waals surface area contributed by atoms with Crippen LogP contribution in [0.25, 0.3) is 0 Å². The van der Waals surface area contributed by atoms with Crippen molar-refractivity contribution in [2.75, 3.05) is 18.1 Å². The van der Waals surface area contributed by atoms with Gasteiger partial charge in [-0.05, 0) is 43.4 Å². The quantitative estimate of drug-likeness (QED) is 0.371. The van der Waals surface area contributed by atoms with Gasteiger partial charge in [0, 0.05) is 31.7 Å². The molecule has 1 aromatic carbocycles. The normalized spacial score (nSPS) is 17.7. The Morgan fingerprint density at radius 1 is 1.32 bits per heavy atom. The molecule has 1 unspecified atom stereocenters. The van der Waals surface area contributed by atoms with Gasteiger partial charge in [-0.3, -0.25) is 9.59 Å². The van der Waals surface area contributed by atoms with Gasteiger partial charge in [0.2, 0.25) is 5.91 Å². The average Bonchev–Trinajstić information content (AvgIpc) is 3.04. The average molecular weight is 388 g/mol. The van der Waals surface area contributed by atoms with Crippen LogP contribution in [0.4, 0.5) is 5.69 Å². The van der Waals surface area contributed by atoms with E-state index in [0.717, 1.165) is 42.5 Å². The van der Waals surface area contributed by atoms with Gasteiger partial charge >= 0.3 is 5.97 Å². The molecule has 5 heteroatoms.